The van der Waals surface area contributed by atoms with E-state index in [0.29, 0.717) is 33.7 Å². The third kappa shape index (κ3) is 3.77. The second-order valence-corrected chi connectivity index (χ2v) is 9.13. The molecule has 2 heterocycles. The number of nitrogens with two attached hydrogens (primary N) is 1. The van der Waals surface area contributed by atoms with E-state index in [1.807, 2.05) is 84.4 Å². The summed E-state index contributed by atoms with van der Waals surface area (Å²) >= 11 is 12.4. The molecule has 0 aliphatic carbocycles. The fraction of sp³-hybridized carbons (Fsp3) is 0.111. The summed E-state index contributed by atoms with van der Waals surface area (Å²) in [4.78, 5) is 18.3. The minimum absolute atomic E-state index is 0.0812. The van der Waals surface area contributed by atoms with E-state index in [1.54, 1.807) is 11.6 Å². The predicted molar refractivity (Wildman–Crippen MR) is 141 cm³/mol. The second-order valence-electron chi connectivity index (χ2n) is 8.26. The molecule has 0 aliphatic rings. The SMILES string of the molecule is Cn1c(-c2ccc(Cl)cc2)nc(N)c1Cc1c(-c2cccc(Cl)c2)c2ccccc2n(C)c1=O. The van der Waals surface area contributed by atoms with Gasteiger partial charge >= 0.3 is 0 Å². The van der Waals surface area contributed by atoms with Crippen LogP contribution in [0.2, 0.25) is 10.0 Å². The van der Waals surface area contributed by atoms with Crippen LogP contribution >= 0.6 is 23.2 Å². The minimum atomic E-state index is -0.0812. The first-order valence-corrected chi connectivity index (χ1v) is 11.5. The van der Waals surface area contributed by atoms with Gasteiger partial charge in [0.15, 0.2) is 0 Å². The van der Waals surface area contributed by atoms with Crippen LogP contribution < -0.4 is 11.3 Å². The number of benzene rings is 3. The monoisotopic (exact) mass is 488 g/mol. The van der Waals surface area contributed by atoms with Crippen LogP contribution in [-0.2, 0) is 20.5 Å². The highest BCUT2D eigenvalue weighted by Gasteiger charge is 2.21. The predicted octanol–water partition coefficient (Wildman–Crippen LogP) is 6.09. The van der Waals surface area contributed by atoms with Crippen molar-refractivity contribution >= 4 is 39.9 Å². The number of imidazole rings is 1. The molecule has 5 nitrogen and oxygen atoms in total. The highest BCUT2D eigenvalue weighted by atomic mass is 35.5. The number of para-hydroxylation sites is 1. The van der Waals surface area contributed by atoms with Gasteiger partial charge in [0, 0.05) is 52.6 Å². The Bertz CT molecular complexity index is 1600. The molecule has 0 saturated heterocycles. The van der Waals surface area contributed by atoms with E-state index >= 15 is 0 Å². The molecule has 34 heavy (non-hydrogen) atoms. The largest absolute Gasteiger partial charge is 0.382 e. The first-order valence-electron chi connectivity index (χ1n) is 10.8. The van der Waals surface area contributed by atoms with Gasteiger partial charge < -0.3 is 14.9 Å². The van der Waals surface area contributed by atoms with Crippen LogP contribution in [0.3, 0.4) is 0 Å². The van der Waals surface area contributed by atoms with E-state index in [4.69, 9.17) is 28.9 Å². The average molecular weight is 489 g/mol. The van der Waals surface area contributed by atoms with E-state index < -0.39 is 0 Å². The number of aryl methyl sites for hydroxylation is 1. The molecule has 3 aromatic carbocycles. The summed E-state index contributed by atoms with van der Waals surface area (Å²) in [5.74, 6) is 1.10. The Morgan fingerprint density at radius 2 is 1.59 bits per heavy atom. The third-order valence-electron chi connectivity index (χ3n) is 6.20. The molecular weight excluding hydrogens is 467 g/mol. The van der Waals surface area contributed by atoms with Crippen molar-refractivity contribution in [1.29, 1.82) is 0 Å². The van der Waals surface area contributed by atoms with Crippen molar-refractivity contribution < 1.29 is 0 Å². The van der Waals surface area contributed by atoms with Crippen molar-refractivity contribution in [1.82, 2.24) is 14.1 Å². The van der Waals surface area contributed by atoms with Crippen molar-refractivity contribution in [2.75, 3.05) is 5.73 Å². The Morgan fingerprint density at radius 3 is 2.32 bits per heavy atom. The lowest BCUT2D eigenvalue weighted by Gasteiger charge is -2.17. The van der Waals surface area contributed by atoms with Gasteiger partial charge in [-0.25, -0.2) is 4.98 Å². The van der Waals surface area contributed by atoms with E-state index in [9.17, 15) is 4.79 Å². The Morgan fingerprint density at radius 1 is 0.853 bits per heavy atom. The van der Waals surface area contributed by atoms with Crippen LogP contribution in [0.1, 0.15) is 11.3 Å². The summed E-state index contributed by atoms with van der Waals surface area (Å²) in [6.07, 6.45) is 0.322. The lowest BCUT2D eigenvalue weighted by Crippen LogP contribution is -2.24. The summed E-state index contributed by atoms with van der Waals surface area (Å²) in [6.45, 7) is 0. The zero-order valence-corrected chi connectivity index (χ0v) is 20.2. The van der Waals surface area contributed by atoms with Crippen LogP contribution in [0.5, 0.6) is 0 Å². The molecule has 0 unspecified atom stereocenters. The van der Waals surface area contributed by atoms with Gasteiger partial charge in [0.05, 0.1) is 11.2 Å². The van der Waals surface area contributed by atoms with Gasteiger partial charge in [-0.15, -0.1) is 0 Å². The molecule has 0 spiro atoms. The van der Waals surface area contributed by atoms with Crippen molar-refractivity contribution in [3.8, 4) is 22.5 Å². The molecule has 0 saturated carbocycles. The van der Waals surface area contributed by atoms with Gasteiger partial charge in [0.2, 0.25) is 0 Å². The van der Waals surface area contributed by atoms with Crippen LogP contribution in [0.25, 0.3) is 33.4 Å². The quantitative estimate of drug-likeness (QED) is 0.333. The second kappa shape index (κ2) is 8.67. The van der Waals surface area contributed by atoms with Gasteiger partial charge in [-0.05, 0) is 48.0 Å². The highest BCUT2D eigenvalue weighted by molar-refractivity contribution is 6.31. The Hall–Kier alpha value is -3.54. The van der Waals surface area contributed by atoms with Crippen molar-refractivity contribution in [3.05, 3.63) is 104 Å². The molecule has 7 heteroatoms. The molecule has 170 valence electrons. The fourth-order valence-electron chi connectivity index (χ4n) is 4.48. The third-order valence-corrected chi connectivity index (χ3v) is 6.69. The number of nitrogens with zero attached hydrogens (tertiary/aromatic N) is 3. The highest BCUT2D eigenvalue weighted by Crippen LogP contribution is 2.34. The van der Waals surface area contributed by atoms with Crippen molar-refractivity contribution in [2.45, 2.75) is 6.42 Å². The van der Waals surface area contributed by atoms with Crippen LogP contribution in [0.4, 0.5) is 5.82 Å². The smallest absolute Gasteiger partial charge is 0.255 e. The van der Waals surface area contributed by atoms with Crippen molar-refractivity contribution in [3.63, 3.8) is 0 Å². The number of hydrogen-bond donors (Lipinski definition) is 1. The minimum Gasteiger partial charge on any atom is -0.382 e. The number of aromatic nitrogens is 3. The maximum Gasteiger partial charge on any atom is 0.255 e. The number of hydrogen-bond acceptors (Lipinski definition) is 3. The number of nitrogen functional groups attached to an aromatic ring is 1. The summed E-state index contributed by atoms with van der Waals surface area (Å²) in [6, 6.07) is 22.9. The average Bonchev–Trinajstić information content (AvgIpc) is 3.11. The Kier molecular flexibility index (Phi) is 5.68. The Balaban J connectivity index is 1.74. The fourth-order valence-corrected chi connectivity index (χ4v) is 4.80. The molecule has 0 aliphatic heterocycles. The van der Waals surface area contributed by atoms with Gasteiger partial charge in [-0.1, -0.05) is 53.5 Å². The molecule has 0 atom stereocenters. The van der Waals surface area contributed by atoms with Crippen molar-refractivity contribution in [2.24, 2.45) is 14.1 Å². The van der Waals surface area contributed by atoms with Crippen LogP contribution in [-0.4, -0.2) is 14.1 Å². The standard InChI is InChI=1S/C27H22Cl2N4O/c1-32-23(25(30)31-26(32)16-10-12-18(28)13-11-16)15-21-24(17-6-5-7-19(29)14-17)20-8-3-4-9-22(20)33(2)27(21)34/h3-14H,15,30H2,1-2H3. The zero-order chi connectivity index (χ0) is 24.0. The first-order chi connectivity index (χ1) is 16.3. The summed E-state index contributed by atoms with van der Waals surface area (Å²) in [5.41, 5.74) is 11.2. The van der Waals surface area contributed by atoms with E-state index in [2.05, 4.69) is 4.98 Å². The molecule has 0 radical (unpaired) electrons. The zero-order valence-electron chi connectivity index (χ0n) is 18.7. The van der Waals surface area contributed by atoms with Crippen LogP contribution in [0.15, 0.2) is 77.6 Å². The number of rotatable bonds is 4. The number of fused-ring (bicyclic) bond motifs is 1. The molecule has 5 rings (SSSR count). The topological polar surface area (TPSA) is 65.8 Å². The normalized spacial score (nSPS) is 11.3. The van der Waals surface area contributed by atoms with Gasteiger partial charge in [0.25, 0.3) is 5.56 Å². The molecule has 2 aromatic heterocycles. The van der Waals surface area contributed by atoms with Gasteiger partial charge in [-0.3, -0.25) is 4.79 Å². The number of halogens is 2. The van der Waals surface area contributed by atoms with Gasteiger partial charge in [0.1, 0.15) is 11.6 Å². The number of anilines is 1. The molecular formula is C27H22Cl2N4O. The van der Waals surface area contributed by atoms with Gasteiger partial charge in [-0.2, -0.15) is 0 Å². The lowest BCUT2D eigenvalue weighted by atomic mass is 9.93. The molecule has 0 bridgehead atoms. The van der Waals surface area contributed by atoms with E-state index in [0.717, 1.165) is 33.3 Å². The Labute approximate surface area is 207 Å². The molecule has 2 N–H and O–H groups in total. The molecule has 5 aromatic rings. The maximum atomic E-state index is 13.6. The summed E-state index contributed by atoms with van der Waals surface area (Å²) in [5, 5.41) is 2.23. The summed E-state index contributed by atoms with van der Waals surface area (Å²) in [7, 11) is 3.70. The molecule has 0 fully saturated rings. The lowest BCUT2D eigenvalue weighted by molar-refractivity contribution is 0.834. The van der Waals surface area contributed by atoms with E-state index in [1.165, 1.54) is 0 Å². The van der Waals surface area contributed by atoms with E-state index in [-0.39, 0.29) is 5.56 Å². The molecule has 0 amide bonds. The summed E-state index contributed by atoms with van der Waals surface area (Å²) < 4.78 is 3.63. The number of pyridine rings is 1. The van der Waals surface area contributed by atoms with Crippen LogP contribution in [0, 0.1) is 0 Å². The maximum absolute atomic E-state index is 13.6. The first kappa shape index (κ1) is 22.3.